The molecule has 3 rings (SSSR count). The molecule has 0 saturated heterocycles. The first-order valence-electron chi connectivity index (χ1n) is 6.30. The molecule has 0 aromatic carbocycles. The third kappa shape index (κ3) is 2.42. The Morgan fingerprint density at radius 1 is 1.25 bits per heavy atom. The topological polar surface area (TPSA) is 68.5 Å². The van der Waals surface area contributed by atoms with Crippen LogP contribution in [0.3, 0.4) is 0 Å². The summed E-state index contributed by atoms with van der Waals surface area (Å²) < 4.78 is 1.98. The highest BCUT2D eigenvalue weighted by molar-refractivity contribution is 6.28. The van der Waals surface area contributed by atoms with E-state index >= 15 is 0 Å². The average Bonchev–Trinajstić information content (AvgIpc) is 2.88. The minimum Gasteiger partial charge on any atom is -0.362 e. The fourth-order valence-electron chi connectivity index (χ4n) is 1.99. The minimum absolute atomic E-state index is 0.183. The van der Waals surface area contributed by atoms with Crippen molar-refractivity contribution in [1.29, 1.82) is 0 Å². The zero-order valence-corrected chi connectivity index (χ0v) is 11.7. The highest BCUT2D eigenvalue weighted by Crippen LogP contribution is 2.21. The first kappa shape index (κ1) is 12.8. The fourth-order valence-corrected chi connectivity index (χ4v) is 2.16. The van der Waals surface area contributed by atoms with Crippen molar-refractivity contribution >= 4 is 28.6 Å². The van der Waals surface area contributed by atoms with Crippen molar-refractivity contribution < 1.29 is 0 Å². The Labute approximate surface area is 120 Å². The van der Waals surface area contributed by atoms with Crippen LogP contribution in [0.15, 0.2) is 30.7 Å². The average molecular weight is 289 g/mol. The number of aryl methyl sites for hydroxylation is 1. The monoisotopic (exact) mass is 288 g/mol. The minimum atomic E-state index is 0.183. The molecule has 0 aliphatic heterocycles. The van der Waals surface area contributed by atoms with Crippen LogP contribution >= 0.6 is 11.6 Å². The van der Waals surface area contributed by atoms with Crippen LogP contribution in [0.2, 0.25) is 5.28 Å². The maximum atomic E-state index is 5.93. The van der Waals surface area contributed by atoms with Crippen molar-refractivity contribution in [2.75, 3.05) is 5.32 Å². The van der Waals surface area contributed by atoms with E-state index in [1.165, 1.54) is 0 Å². The molecule has 0 amide bonds. The van der Waals surface area contributed by atoms with Gasteiger partial charge in [0.25, 0.3) is 0 Å². The lowest BCUT2D eigenvalue weighted by molar-refractivity contribution is 0.785. The van der Waals surface area contributed by atoms with Crippen molar-refractivity contribution in [1.82, 2.24) is 24.5 Å². The van der Waals surface area contributed by atoms with E-state index in [2.05, 4.69) is 25.3 Å². The lowest BCUT2D eigenvalue weighted by atomic mass is 10.3. The maximum Gasteiger partial charge on any atom is 0.226 e. The molecule has 7 heteroatoms. The number of pyridine rings is 1. The second-order valence-corrected chi connectivity index (χ2v) is 4.56. The van der Waals surface area contributed by atoms with Gasteiger partial charge in [-0.25, -0.2) is 4.98 Å². The maximum absolute atomic E-state index is 5.93. The van der Waals surface area contributed by atoms with E-state index < -0.39 is 0 Å². The van der Waals surface area contributed by atoms with E-state index in [0.717, 1.165) is 17.8 Å². The largest absolute Gasteiger partial charge is 0.362 e. The third-order valence-electron chi connectivity index (χ3n) is 2.95. The van der Waals surface area contributed by atoms with Gasteiger partial charge in [-0.2, -0.15) is 9.97 Å². The van der Waals surface area contributed by atoms with E-state index in [1.807, 2.05) is 29.7 Å². The molecule has 0 aliphatic carbocycles. The Kier molecular flexibility index (Phi) is 3.47. The Morgan fingerprint density at radius 2 is 2.15 bits per heavy atom. The smallest absolute Gasteiger partial charge is 0.226 e. The van der Waals surface area contributed by atoms with Crippen LogP contribution in [-0.4, -0.2) is 24.5 Å². The molecular weight excluding hydrogens is 276 g/mol. The van der Waals surface area contributed by atoms with Gasteiger partial charge in [0.1, 0.15) is 5.52 Å². The molecule has 6 nitrogen and oxygen atoms in total. The normalized spacial score (nSPS) is 10.9. The van der Waals surface area contributed by atoms with Gasteiger partial charge in [0.15, 0.2) is 11.5 Å². The Bertz CT molecular complexity index is 724. The molecule has 3 aromatic rings. The molecule has 0 unspecified atom stereocenters. The van der Waals surface area contributed by atoms with Crippen LogP contribution in [0.25, 0.3) is 11.2 Å². The summed E-state index contributed by atoms with van der Waals surface area (Å²) in [7, 11) is 0. The van der Waals surface area contributed by atoms with Gasteiger partial charge < -0.3 is 9.88 Å². The van der Waals surface area contributed by atoms with Gasteiger partial charge >= 0.3 is 0 Å². The van der Waals surface area contributed by atoms with Crippen LogP contribution in [-0.2, 0) is 13.1 Å². The van der Waals surface area contributed by atoms with Crippen LogP contribution < -0.4 is 5.32 Å². The summed E-state index contributed by atoms with van der Waals surface area (Å²) >= 11 is 5.93. The predicted molar refractivity (Wildman–Crippen MR) is 77.6 cm³/mol. The third-order valence-corrected chi connectivity index (χ3v) is 3.12. The molecular formula is C13H13ClN6. The number of fused-ring (bicyclic) bond motifs is 1. The van der Waals surface area contributed by atoms with Gasteiger partial charge in [0, 0.05) is 12.7 Å². The highest BCUT2D eigenvalue weighted by atomic mass is 35.5. The van der Waals surface area contributed by atoms with E-state index in [0.29, 0.717) is 18.0 Å². The molecule has 3 heterocycles. The number of rotatable bonds is 4. The summed E-state index contributed by atoms with van der Waals surface area (Å²) in [6.45, 7) is 3.40. The SMILES string of the molecule is CCn1cnc2nc(Cl)nc(NCc3ccccn3)c21. The molecule has 0 radical (unpaired) electrons. The number of hydrogen-bond acceptors (Lipinski definition) is 5. The van der Waals surface area contributed by atoms with E-state index in [9.17, 15) is 0 Å². The fraction of sp³-hybridized carbons (Fsp3) is 0.231. The predicted octanol–water partition coefficient (Wildman–Crippen LogP) is 2.51. The Balaban J connectivity index is 1.95. The van der Waals surface area contributed by atoms with Crippen molar-refractivity contribution in [3.05, 3.63) is 41.7 Å². The van der Waals surface area contributed by atoms with Gasteiger partial charge in [-0.05, 0) is 30.7 Å². The van der Waals surface area contributed by atoms with Crippen molar-refractivity contribution in [2.45, 2.75) is 20.0 Å². The number of hydrogen-bond donors (Lipinski definition) is 1. The van der Waals surface area contributed by atoms with E-state index in [4.69, 9.17) is 11.6 Å². The van der Waals surface area contributed by atoms with Crippen LogP contribution in [0.5, 0.6) is 0 Å². The molecule has 0 bridgehead atoms. The number of aromatic nitrogens is 5. The standard InChI is InChI=1S/C13H13ClN6/c1-2-20-8-17-12-10(20)11(18-13(14)19-12)16-7-9-5-3-4-6-15-9/h3-6,8H,2,7H2,1H3,(H,16,18,19). The first-order chi connectivity index (χ1) is 9.78. The second-order valence-electron chi connectivity index (χ2n) is 4.22. The quantitative estimate of drug-likeness (QED) is 0.747. The number of nitrogens with one attached hydrogen (secondary N) is 1. The Morgan fingerprint density at radius 3 is 2.90 bits per heavy atom. The van der Waals surface area contributed by atoms with Gasteiger partial charge in [0.05, 0.1) is 18.6 Å². The number of halogens is 1. The number of nitrogens with zero attached hydrogens (tertiary/aromatic N) is 5. The zero-order valence-electron chi connectivity index (χ0n) is 10.9. The summed E-state index contributed by atoms with van der Waals surface area (Å²) in [6.07, 6.45) is 3.50. The molecule has 1 N–H and O–H groups in total. The van der Waals surface area contributed by atoms with Crippen molar-refractivity contribution in [3.8, 4) is 0 Å². The van der Waals surface area contributed by atoms with Gasteiger partial charge in [-0.3, -0.25) is 4.98 Å². The molecule has 3 aromatic heterocycles. The van der Waals surface area contributed by atoms with E-state index in [1.54, 1.807) is 12.5 Å². The van der Waals surface area contributed by atoms with Gasteiger partial charge in [-0.1, -0.05) is 6.07 Å². The van der Waals surface area contributed by atoms with Crippen molar-refractivity contribution in [3.63, 3.8) is 0 Å². The lowest BCUT2D eigenvalue weighted by Crippen LogP contribution is -2.06. The van der Waals surface area contributed by atoms with Crippen LogP contribution in [0.4, 0.5) is 5.82 Å². The molecule has 0 saturated carbocycles. The summed E-state index contributed by atoms with van der Waals surface area (Å²) in [5, 5.41) is 3.43. The molecule has 102 valence electrons. The molecule has 20 heavy (non-hydrogen) atoms. The Hall–Kier alpha value is -2.21. The van der Waals surface area contributed by atoms with Crippen LogP contribution in [0.1, 0.15) is 12.6 Å². The summed E-state index contributed by atoms with van der Waals surface area (Å²) in [5.74, 6) is 0.671. The summed E-state index contributed by atoms with van der Waals surface area (Å²) in [5.41, 5.74) is 2.38. The lowest BCUT2D eigenvalue weighted by Gasteiger charge is -2.08. The molecule has 0 atom stereocenters. The number of imidazole rings is 1. The number of anilines is 1. The zero-order chi connectivity index (χ0) is 13.9. The first-order valence-corrected chi connectivity index (χ1v) is 6.68. The van der Waals surface area contributed by atoms with Crippen LogP contribution in [0, 0.1) is 0 Å². The van der Waals surface area contributed by atoms with Crippen molar-refractivity contribution in [2.24, 2.45) is 0 Å². The molecule has 0 fully saturated rings. The summed E-state index contributed by atoms with van der Waals surface area (Å²) in [4.78, 5) is 16.9. The van der Waals surface area contributed by atoms with E-state index in [-0.39, 0.29) is 5.28 Å². The molecule has 0 spiro atoms. The van der Waals surface area contributed by atoms with Gasteiger partial charge in [0.2, 0.25) is 5.28 Å². The highest BCUT2D eigenvalue weighted by Gasteiger charge is 2.12. The molecule has 0 aliphatic rings. The van der Waals surface area contributed by atoms with Gasteiger partial charge in [-0.15, -0.1) is 0 Å². The summed E-state index contributed by atoms with van der Waals surface area (Å²) in [6, 6.07) is 5.78. The second kappa shape index (κ2) is 5.42.